The van der Waals surface area contributed by atoms with E-state index in [1.165, 1.54) is 6.07 Å². The summed E-state index contributed by atoms with van der Waals surface area (Å²) in [5.74, 6) is 0.910. The lowest BCUT2D eigenvalue weighted by Crippen LogP contribution is -2.50. The molecule has 0 bridgehead atoms. The van der Waals surface area contributed by atoms with Gasteiger partial charge >= 0.3 is 0 Å². The van der Waals surface area contributed by atoms with Crippen molar-refractivity contribution < 1.29 is 13.6 Å². The van der Waals surface area contributed by atoms with Gasteiger partial charge in [-0.3, -0.25) is 0 Å². The highest BCUT2D eigenvalue weighted by molar-refractivity contribution is 6.74. The molecule has 0 spiro atoms. The Balaban J connectivity index is 2.09. The van der Waals surface area contributed by atoms with Gasteiger partial charge in [0.1, 0.15) is 11.6 Å². The third kappa shape index (κ3) is 5.01. The van der Waals surface area contributed by atoms with Crippen molar-refractivity contribution in [1.82, 2.24) is 0 Å². The summed E-state index contributed by atoms with van der Waals surface area (Å²) < 4.78 is 26.8. The fraction of sp³-hybridized carbons (Fsp3) is 0.714. The van der Waals surface area contributed by atoms with Crippen LogP contribution in [0.5, 0.6) is 5.75 Å². The van der Waals surface area contributed by atoms with E-state index in [-0.39, 0.29) is 23.1 Å². The number of piperidine rings is 1. The number of halogens is 1. The summed E-state index contributed by atoms with van der Waals surface area (Å²) in [5.41, 5.74) is 0.640. The quantitative estimate of drug-likeness (QED) is 0.597. The first-order valence-corrected chi connectivity index (χ1v) is 12.7. The van der Waals surface area contributed by atoms with Crippen LogP contribution in [-0.2, 0) is 4.43 Å². The SMILES string of the molecule is CC(C)Oc1ccc(F)c(N2CCC(O[Si](C)(C)C(C)(C)C)C(C)C2)c1. The summed E-state index contributed by atoms with van der Waals surface area (Å²) in [6.07, 6.45) is 1.27. The first-order valence-electron chi connectivity index (χ1n) is 9.79. The Hall–Kier alpha value is -1.07. The van der Waals surface area contributed by atoms with Crippen LogP contribution in [0.15, 0.2) is 18.2 Å². The lowest BCUT2D eigenvalue weighted by molar-refractivity contribution is 0.106. The molecule has 2 rings (SSSR count). The molecule has 2 unspecified atom stereocenters. The second-order valence-electron chi connectivity index (χ2n) is 9.41. The minimum Gasteiger partial charge on any atom is -0.491 e. The smallest absolute Gasteiger partial charge is 0.192 e. The van der Waals surface area contributed by atoms with Crippen molar-refractivity contribution in [2.45, 2.75) is 78.3 Å². The van der Waals surface area contributed by atoms with Crippen LogP contribution >= 0.6 is 0 Å². The van der Waals surface area contributed by atoms with Gasteiger partial charge in [-0.15, -0.1) is 0 Å². The standard InChI is InChI=1S/C21H36FNO2Si/c1-15(2)24-17-9-10-18(22)19(13-17)23-12-11-20(16(3)14-23)25-26(7,8)21(4,5)6/h9-10,13,15-16,20H,11-12,14H2,1-8H3. The summed E-state index contributed by atoms with van der Waals surface area (Å²) >= 11 is 0. The molecule has 0 aromatic heterocycles. The fourth-order valence-corrected chi connectivity index (χ4v) is 4.61. The Bertz CT molecular complexity index is 613. The zero-order chi connectivity index (χ0) is 19.7. The Kier molecular flexibility index (Phi) is 6.44. The molecular formula is C21H36FNO2Si. The predicted octanol–water partition coefficient (Wildman–Crippen LogP) is 5.85. The molecule has 1 aliphatic heterocycles. The molecule has 0 amide bonds. The van der Waals surface area contributed by atoms with Gasteiger partial charge < -0.3 is 14.1 Å². The average Bonchev–Trinajstić information content (AvgIpc) is 2.49. The molecule has 5 heteroatoms. The molecule has 1 aliphatic rings. The molecule has 1 aromatic carbocycles. The van der Waals surface area contributed by atoms with E-state index in [2.05, 4.69) is 45.7 Å². The van der Waals surface area contributed by atoms with Crippen LogP contribution in [0.4, 0.5) is 10.1 Å². The lowest BCUT2D eigenvalue weighted by atomic mass is 9.96. The third-order valence-electron chi connectivity index (χ3n) is 5.71. The minimum atomic E-state index is -1.79. The van der Waals surface area contributed by atoms with Crippen LogP contribution < -0.4 is 9.64 Å². The Morgan fingerprint density at radius 3 is 2.42 bits per heavy atom. The molecular weight excluding hydrogens is 345 g/mol. The van der Waals surface area contributed by atoms with Crippen LogP contribution in [0.25, 0.3) is 0 Å². The second kappa shape index (κ2) is 7.89. The molecule has 3 nitrogen and oxygen atoms in total. The average molecular weight is 382 g/mol. The minimum absolute atomic E-state index is 0.0796. The molecule has 0 saturated carbocycles. The maximum atomic E-state index is 14.4. The van der Waals surface area contributed by atoms with Crippen molar-refractivity contribution in [3.8, 4) is 5.75 Å². The van der Waals surface area contributed by atoms with Gasteiger partial charge in [0.05, 0.1) is 17.9 Å². The second-order valence-corrected chi connectivity index (χ2v) is 14.2. The van der Waals surface area contributed by atoms with E-state index in [0.717, 1.165) is 25.3 Å². The van der Waals surface area contributed by atoms with Gasteiger partial charge in [0, 0.05) is 19.2 Å². The predicted molar refractivity (Wildman–Crippen MR) is 110 cm³/mol. The first-order chi connectivity index (χ1) is 11.9. The van der Waals surface area contributed by atoms with E-state index in [9.17, 15) is 4.39 Å². The number of benzene rings is 1. The van der Waals surface area contributed by atoms with Crippen LogP contribution in [0.1, 0.15) is 48.0 Å². The molecule has 1 heterocycles. The summed E-state index contributed by atoms with van der Waals surface area (Å²) in [5, 5.41) is 0.207. The van der Waals surface area contributed by atoms with Crippen LogP contribution in [0.3, 0.4) is 0 Å². The molecule has 0 N–H and O–H groups in total. The molecule has 1 saturated heterocycles. The van der Waals surface area contributed by atoms with Crippen molar-refractivity contribution in [2.75, 3.05) is 18.0 Å². The molecule has 26 heavy (non-hydrogen) atoms. The number of nitrogens with zero attached hydrogens (tertiary/aromatic N) is 1. The number of rotatable bonds is 5. The largest absolute Gasteiger partial charge is 0.491 e. The van der Waals surface area contributed by atoms with E-state index in [1.807, 2.05) is 19.9 Å². The normalized spacial score (nSPS) is 22.0. The maximum absolute atomic E-state index is 14.4. The van der Waals surface area contributed by atoms with Crippen LogP contribution in [0, 0.1) is 11.7 Å². The van der Waals surface area contributed by atoms with Gasteiger partial charge in [-0.05, 0) is 56.5 Å². The Morgan fingerprint density at radius 1 is 1.23 bits per heavy atom. The van der Waals surface area contributed by atoms with Gasteiger partial charge in [-0.2, -0.15) is 0 Å². The number of ether oxygens (including phenoxy) is 1. The van der Waals surface area contributed by atoms with E-state index in [4.69, 9.17) is 9.16 Å². The summed E-state index contributed by atoms with van der Waals surface area (Å²) in [4.78, 5) is 2.14. The van der Waals surface area contributed by atoms with Gasteiger partial charge in [-0.1, -0.05) is 27.7 Å². The zero-order valence-electron chi connectivity index (χ0n) is 17.7. The van der Waals surface area contributed by atoms with Crippen molar-refractivity contribution in [1.29, 1.82) is 0 Å². The highest BCUT2D eigenvalue weighted by Crippen LogP contribution is 2.39. The van der Waals surface area contributed by atoms with Gasteiger partial charge in [0.25, 0.3) is 0 Å². The molecule has 148 valence electrons. The van der Waals surface area contributed by atoms with E-state index >= 15 is 0 Å². The molecule has 0 radical (unpaired) electrons. The van der Waals surface area contributed by atoms with E-state index in [0.29, 0.717) is 11.6 Å². The van der Waals surface area contributed by atoms with Gasteiger partial charge in [-0.25, -0.2) is 4.39 Å². The zero-order valence-corrected chi connectivity index (χ0v) is 18.7. The number of hydrogen-bond donors (Lipinski definition) is 0. The van der Waals surface area contributed by atoms with Gasteiger partial charge in [0.15, 0.2) is 8.32 Å². The Labute approximate surface area is 160 Å². The highest BCUT2D eigenvalue weighted by atomic mass is 28.4. The first kappa shape index (κ1) is 21.2. The van der Waals surface area contributed by atoms with E-state index < -0.39 is 8.32 Å². The van der Waals surface area contributed by atoms with Crippen molar-refractivity contribution in [3.63, 3.8) is 0 Å². The van der Waals surface area contributed by atoms with Crippen LogP contribution in [0.2, 0.25) is 18.1 Å². The monoisotopic (exact) mass is 381 g/mol. The van der Waals surface area contributed by atoms with Crippen molar-refractivity contribution in [2.24, 2.45) is 5.92 Å². The molecule has 2 atom stereocenters. The molecule has 0 aliphatic carbocycles. The van der Waals surface area contributed by atoms with Crippen LogP contribution in [-0.4, -0.2) is 33.6 Å². The van der Waals surface area contributed by atoms with Crippen molar-refractivity contribution in [3.05, 3.63) is 24.0 Å². The maximum Gasteiger partial charge on any atom is 0.192 e. The summed E-state index contributed by atoms with van der Waals surface area (Å²) in [7, 11) is -1.79. The van der Waals surface area contributed by atoms with Crippen molar-refractivity contribution >= 4 is 14.0 Å². The Morgan fingerprint density at radius 2 is 1.88 bits per heavy atom. The van der Waals surface area contributed by atoms with Gasteiger partial charge in [0.2, 0.25) is 0 Å². The third-order valence-corrected chi connectivity index (χ3v) is 10.2. The number of anilines is 1. The molecule has 1 fully saturated rings. The highest BCUT2D eigenvalue weighted by Gasteiger charge is 2.41. The topological polar surface area (TPSA) is 21.7 Å². The number of hydrogen-bond acceptors (Lipinski definition) is 3. The summed E-state index contributed by atoms with van der Waals surface area (Å²) in [6.45, 7) is 19.2. The fourth-order valence-electron chi connectivity index (χ4n) is 3.15. The molecule has 1 aromatic rings. The van der Waals surface area contributed by atoms with E-state index in [1.54, 1.807) is 6.07 Å². The summed E-state index contributed by atoms with van der Waals surface area (Å²) in [6, 6.07) is 5.04. The lowest BCUT2D eigenvalue weighted by Gasteiger charge is -2.45.